The van der Waals surface area contributed by atoms with Crippen LogP contribution in [0.5, 0.6) is 0 Å². The Bertz CT molecular complexity index is 1280. The Hall–Kier alpha value is -2.97. The van der Waals surface area contributed by atoms with Crippen molar-refractivity contribution in [2.24, 2.45) is 5.92 Å². The van der Waals surface area contributed by atoms with Gasteiger partial charge in [-0.2, -0.15) is 4.31 Å². The summed E-state index contributed by atoms with van der Waals surface area (Å²) >= 11 is 0. The standard InChI is InChI=1S/C26H32N4O3S/c1-19-16-22-6-5-7-24(25(22)27-17-19)34(32,33)30-14-12-21(13-15-30)26(31)29(4)18-20-8-10-23(11-9-20)28(2)3/h5-11,16-17,21H,12-15,18H2,1-4H3. The highest BCUT2D eigenvalue weighted by Gasteiger charge is 2.34. The van der Waals surface area contributed by atoms with Crippen molar-refractivity contribution in [2.75, 3.05) is 39.1 Å². The molecule has 1 amide bonds. The summed E-state index contributed by atoms with van der Waals surface area (Å²) in [6.45, 7) is 3.12. The van der Waals surface area contributed by atoms with Crippen molar-refractivity contribution in [3.8, 4) is 0 Å². The van der Waals surface area contributed by atoms with Crippen LogP contribution in [0.2, 0.25) is 0 Å². The van der Waals surface area contributed by atoms with Gasteiger partial charge >= 0.3 is 0 Å². The Morgan fingerprint density at radius 1 is 1.06 bits per heavy atom. The average molecular weight is 481 g/mol. The Morgan fingerprint density at radius 3 is 2.38 bits per heavy atom. The predicted molar refractivity (Wildman–Crippen MR) is 135 cm³/mol. The number of rotatable bonds is 6. The molecule has 7 nitrogen and oxygen atoms in total. The molecule has 1 aliphatic heterocycles. The van der Waals surface area contributed by atoms with Gasteiger partial charge in [0.05, 0.1) is 5.52 Å². The van der Waals surface area contributed by atoms with E-state index in [1.165, 1.54) is 4.31 Å². The number of nitrogens with zero attached hydrogens (tertiary/aromatic N) is 4. The highest BCUT2D eigenvalue weighted by Crippen LogP contribution is 2.29. The van der Waals surface area contributed by atoms with E-state index in [1.807, 2.05) is 69.4 Å². The van der Waals surface area contributed by atoms with Gasteiger partial charge in [-0.1, -0.05) is 24.3 Å². The number of anilines is 1. The summed E-state index contributed by atoms with van der Waals surface area (Å²) < 4.78 is 28.3. The number of carbonyl (C=O) groups excluding carboxylic acids is 1. The molecule has 1 aliphatic rings. The first-order valence-electron chi connectivity index (χ1n) is 11.5. The van der Waals surface area contributed by atoms with Crippen molar-refractivity contribution < 1.29 is 13.2 Å². The topological polar surface area (TPSA) is 73.8 Å². The van der Waals surface area contributed by atoms with Crippen LogP contribution in [-0.4, -0.2) is 62.7 Å². The fourth-order valence-corrected chi connectivity index (χ4v) is 6.13. The maximum absolute atomic E-state index is 13.4. The van der Waals surface area contributed by atoms with E-state index in [4.69, 9.17) is 0 Å². The summed E-state index contributed by atoms with van der Waals surface area (Å²) in [5.74, 6) is -0.109. The number of para-hydroxylation sites is 1. The van der Waals surface area contributed by atoms with Crippen LogP contribution in [0.1, 0.15) is 24.0 Å². The van der Waals surface area contributed by atoms with E-state index in [2.05, 4.69) is 4.98 Å². The van der Waals surface area contributed by atoms with Crippen molar-refractivity contribution in [1.29, 1.82) is 0 Å². The monoisotopic (exact) mass is 480 g/mol. The largest absolute Gasteiger partial charge is 0.378 e. The third kappa shape index (κ3) is 4.93. The van der Waals surface area contributed by atoms with Crippen molar-refractivity contribution in [2.45, 2.75) is 31.2 Å². The van der Waals surface area contributed by atoms with Crippen molar-refractivity contribution >= 4 is 32.5 Å². The van der Waals surface area contributed by atoms with Crippen LogP contribution in [-0.2, 0) is 21.4 Å². The van der Waals surface area contributed by atoms with Crippen LogP contribution in [0.25, 0.3) is 10.9 Å². The van der Waals surface area contributed by atoms with Gasteiger partial charge in [0.15, 0.2) is 0 Å². The van der Waals surface area contributed by atoms with Crippen LogP contribution in [0.3, 0.4) is 0 Å². The highest BCUT2D eigenvalue weighted by molar-refractivity contribution is 7.89. The quantitative estimate of drug-likeness (QED) is 0.538. The number of benzene rings is 2. The first-order valence-corrected chi connectivity index (χ1v) is 13.0. The molecule has 0 spiro atoms. The molecule has 8 heteroatoms. The SMILES string of the molecule is Cc1cnc2c(S(=O)(=O)N3CCC(C(=O)N(C)Cc4ccc(N(C)C)cc4)CC3)cccc2c1. The highest BCUT2D eigenvalue weighted by atomic mass is 32.2. The summed E-state index contributed by atoms with van der Waals surface area (Å²) in [5, 5.41) is 0.811. The second kappa shape index (κ2) is 9.72. The number of aromatic nitrogens is 1. The Kier molecular flexibility index (Phi) is 6.91. The summed E-state index contributed by atoms with van der Waals surface area (Å²) in [6, 6.07) is 15.3. The second-order valence-corrected chi connectivity index (χ2v) is 11.2. The zero-order chi connectivity index (χ0) is 24.5. The second-order valence-electron chi connectivity index (χ2n) is 9.27. The van der Waals surface area contributed by atoms with Gasteiger partial charge in [0, 0.05) is 64.0 Å². The summed E-state index contributed by atoms with van der Waals surface area (Å²) in [6.07, 6.45) is 2.72. The van der Waals surface area contributed by atoms with Crippen LogP contribution in [0.15, 0.2) is 59.6 Å². The fourth-order valence-electron chi connectivity index (χ4n) is 4.50. The zero-order valence-electron chi connectivity index (χ0n) is 20.2. The number of aryl methyl sites for hydroxylation is 1. The number of piperidine rings is 1. The molecule has 2 aromatic carbocycles. The summed E-state index contributed by atoms with van der Waals surface area (Å²) in [4.78, 5) is 21.5. The fraction of sp³-hybridized carbons (Fsp3) is 0.385. The molecule has 2 heterocycles. The minimum Gasteiger partial charge on any atom is -0.378 e. The molecule has 4 rings (SSSR count). The Balaban J connectivity index is 1.41. The third-order valence-corrected chi connectivity index (χ3v) is 8.41. The molecule has 0 unspecified atom stereocenters. The van der Waals surface area contributed by atoms with E-state index in [9.17, 15) is 13.2 Å². The Labute approximate surface area is 202 Å². The molecular weight excluding hydrogens is 448 g/mol. The lowest BCUT2D eigenvalue weighted by Crippen LogP contribution is -2.43. The van der Waals surface area contributed by atoms with Crippen LogP contribution in [0, 0.1) is 12.8 Å². The molecule has 0 aliphatic carbocycles. The predicted octanol–water partition coefficient (Wildman–Crippen LogP) is 3.67. The third-order valence-electron chi connectivity index (χ3n) is 6.48. The maximum atomic E-state index is 13.4. The van der Waals surface area contributed by atoms with Gasteiger partial charge in [0.25, 0.3) is 0 Å². The van der Waals surface area contributed by atoms with E-state index < -0.39 is 10.0 Å². The van der Waals surface area contributed by atoms with Gasteiger partial charge in [-0.25, -0.2) is 8.42 Å². The zero-order valence-corrected chi connectivity index (χ0v) is 21.0. The van der Waals surface area contributed by atoms with Crippen LogP contribution in [0.4, 0.5) is 5.69 Å². The van der Waals surface area contributed by atoms with Crippen molar-refractivity contribution in [1.82, 2.24) is 14.2 Å². The molecule has 1 aromatic heterocycles. The minimum absolute atomic E-state index is 0.0658. The molecule has 0 saturated carbocycles. The first-order chi connectivity index (χ1) is 16.2. The molecule has 1 saturated heterocycles. The first kappa shape index (κ1) is 24.2. The summed E-state index contributed by atoms with van der Waals surface area (Å²) in [7, 11) is 2.12. The van der Waals surface area contributed by atoms with E-state index in [0.29, 0.717) is 38.0 Å². The van der Waals surface area contributed by atoms with E-state index in [0.717, 1.165) is 22.2 Å². The van der Waals surface area contributed by atoms with Crippen LogP contribution < -0.4 is 4.90 Å². The lowest BCUT2D eigenvalue weighted by Gasteiger charge is -2.32. The number of sulfonamides is 1. The molecule has 180 valence electrons. The van der Waals surface area contributed by atoms with Gasteiger partial charge in [-0.05, 0) is 55.2 Å². The molecule has 34 heavy (non-hydrogen) atoms. The lowest BCUT2D eigenvalue weighted by atomic mass is 9.96. The molecule has 0 N–H and O–H groups in total. The van der Waals surface area contributed by atoms with Crippen LogP contribution >= 0.6 is 0 Å². The molecule has 0 atom stereocenters. The normalized spacial score (nSPS) is 15.4. The number of fused-ring (bicyclic) bond motifs is 1. The molecular formula is C26H32N4O3S. The van der Waals surface area contributed by atoms with Gasteiger partial charge in [-0.3, -0.25) is 9.78 Å². The van der Waals surface area contributed by atoms with Gasteiger partial charge in [0.1, 0.15) is 4.90 Å². The van der Waals surface area contributed by atoms with E-state index >= 15 is 0 Å². The average Bonchev–Trinajstić information content (AvgIpc) is 2.83. The smallest absolute Gasteiger partial charge is 0.245 e. The van der Waals surface area contributed by atoms with E-state index in [1.54, 1.807) is 23.2 Å². The number of carbonyl (C=O) groups is 1. The molecule has 0 radical (unpaired) electrons. The van der Waals surface area contributed by atoms with Gasteiger partial charge in [0.2, 0.25) is 15.9 Å². The molecule has 1 fully saturated rings. The van der Waals surface area contributed by atoms with Gasteiger partial charge < -0.3 is 9.80 Å². The van der Waals surface area contributed by atoms with Gasteiger partial charge in [-0.15, -0.1) is 0 Å². The summed E-state index contributed by atoms with van der Waals surface area (Å²) in [5.41, 5.74) is 3.66. The van der Waals surface area contributed by atoms with Crippen molar-refractivity contribution in [3.05, 3.63) is 65.9 Å². The molecule has 0 bridgehead atoms. The number of hydrogen-bond donors (Lipinski definition) is 0. The number of pyridine rings is 1. The van der Waals surface area contributed by atoms with Crippen molar-refractivity contribution in [3.63, 3.8) is 0 Å². The number of hydrogen-bond acceptors (Lipinski definition) is 5. The molecule has 3 aromatic rings. The maximum Gasteiger partial charge on any atom is 0.245 e. The Morgan fingerprint density at radius 2 is 1.74 bits per heavy atom. The van der Waals surface area contributed by atoms with E-state index in [-0.39, 0.29) is 16.7 Å². The minimum atomic E-state index is -3.69. The lowest BCUT2D eigenvalue weighted by molar-refractivity contribution is -0.135. The number of amides is 1.